The second-order valence-electron chi connectivity index (χ2n) is 5.68. The number of amides is 1. The zero-order chi connectivity index (χ0) is 14.1. The molecule has 0 aliphatic heterocycles. The Morgan fingerprint density at radius 2 is 1.95 bits per heavy atom. The van der Waals surface area contributed by atoms with Crippen molar-refractivity contribution in [2.75, 3.05) is 6.61 Å². The van der Waals surface area contributed by atoms with Gasteiger partial charge in [-0.25, -0.2) is 4.79 Å². The molecule has 1 unspecified atom stereocenters. The van der Waals surface area contributed by atoms with E-state index in [1.165, 1.54) is 0 Å². The van der Waals surface area contributed by atoms with Crippen LogP contribution in [0.2, 0.25) is 0 Å². The molecule has 1 aromatic rings. The molecule has 102 valence electrons. The highest BCUT2D eigenvalue weighted by Gasteiger charge is 2.46. The molecule has 1 amide bonds. The number of hydrogen-bond donors (Lipinski definition) is 2. The van der Waals surface area contributed by atoms with Crippen LogP contribution in [0.3, 0.4) is 0 Å². The van der Waals surface area contributed by atoms with Crippen molar-refractivity contribution >= 4 is 11.7 Å². The predicted molar refractivity (Wildman–Crippen MR) is 73.6 cm³/mol. The van der Waals surface area contributed by atoms with E-state index in [9.17, 15) is 9.90 Å². The largest absolute Gasteiger partial charge is 0.444 e. The van der Waals surface area contributed by atoms with E-state index in [0.29, 0.717) is 0 Å². The Morgan fingerprint density at radius 1 is 1.32 bits per heavy atom. The van der Waals surface area contributed by atoms with Gasteiger partial charge in [-0.3, -0.25) is 0 Å². The molecular formula is C15H19NO3. The fourth-order valence-corrected chi connectivity index (χ4v) is 1.93. The Kier molecular flexibility index (Phi) is 3.37. The van der Waals surface area contributed by atoms with Gasteiger partial charge in [-0.1, -0.05) is 30.3 Å². The lowest BCUT2D eigenvalue weighted by Crippen LogP contribution is -2.44. The first-order chi connectivity index (χ1) is 8.86. The second kappa shape index (κ2) is 4.70. The van der Waals surface area contributed by atoms with E-state index in [1.807, 2.05) is 36.4 Å². The first-order valence-corrected chi connectivity index (χ1v) is 6.27. The molecule has 2 rings (SSSR count). The fourth-order valence-electron chi connectivity index (χ4n) is 1.93. The molecule has 4 heteroatoms. The standard InChI is InChI=1S/C15H19NO3/c1-14(2,3)19-13(18)16-15(10-17)9-12(15)11-7-5-4-6-8-11/h4-9,17H,10H2,1-3H3,(H,16,18). The third-order valence-electron chi connectivity index (χ3n) is 2.85. The van der Waals surface area contributed by atoms with Crippen molar-refractivity contribution in [1.29, 1.82) is 0 Å². The summed E-state index contributed by atoms with van der Waals surface area (Å²) >= 11 is 0. The van der Waals surface area contributed by atoms with Gasteiger partial charge in [0, 0.05) is 0 Å². The zero-order valence-electron chi connectivity index (χ0n) is 11.4. The van der Waals surface area contributed by atoms with Gasteiger partial charge in [-0.2, -0.15) is 0 Å². The van der Waals surface area contributed by atoms with Crippen LogP contribution < -0.4 is 5.32 Å². The van der Waals surface area contributed by atoms with Crippen LogP contribution in [-0.2, 0) is 4.74 Å². The number of ether oxygens (including phenoxy) is 1. The minimum Gasteiger partial charge on any atom is -0.444 e. The SMILES string of the molecule is CC(C)(C)OC(=O)NC1(CO)C=C1c1ccccc1. The van der Waals surface area contributed by atoms with Crippen LogP contribution in [0.4, 0.5) is 4.79 Å². The number of rotatable bonds is 3. The summed E-state index contributed by atoms with van der Waals surface area (Å²) in [6.07, 6.45) is 1.32. The molecule has 1 atom stereocenters. The maximum Gasteiger partial charge on any atom is 0.408 e. The van der Waals surface area contributed by atoms with Crippen LogP contribution in [0.5, 0.6) is 0 Å². The highest BCUT2D eigenvalue weighted by atomic mass is 16.6. The number of carbonyl (C=O) groups is 1. The highest BCUT2D eigenvalue weighted by Crippen LogP contribution is 2.42. The van der Waals surface area contributed by atoms with Gasteiger partial charge in [0.1, 0.15) is 11.1 Å². The van der Waals surface area contributed by atoms with Gasteiger partial charge in [0.2, 0.25) is 0 Å². The first-order valence-electron chi connectivity index (χ1n) is 6.27. The van der Waals surface area contributed by atoms with Gasteiger partial charge >= 0.3 is 6.09 Å². The highest BCUT2D eigenvalue weighted by molar-refractivity contribution is 5.93. The molecular weight excluding hydrogens is 242 g/mol. The summed E-state index contributed by atoms with van der Waals surface area (Å²) in [7, 11) is 0. The van der Waals surface area contributed by atoms with Gasteiger partial charge in [0.15, 0.2) is 0 Å². The molecule has 0 aromatic heterocycles. The summed E-state index contributed by atoms with van der Waals surface area (Å²) in [5, 5.41) is 12.2. The molecule has 1 aliphatic carbocycles. The number of carbonyl (C=O) groups excluding carboxylic acids is 1. The van der Waals surface area contributed by atoms with Gasteiger partial charge < -0.3 is 15.2 Å². The van der Waals surface area contributed by atoms with E-state index >= 15 is 0 Å². The summed E-state index contributed by atoms with van der Waals surface area (Å²) in [6.45, 7) is 5.24. The van der Waals surface area contributed by atoms with Gasteiger partial charge in [0.25, 0.3) is 0 Å². The summed E-state index contributed by atoms with van der Waals surface area (Å²) in [4.78, 5) is 11.8. The average molecular weight is 261 g/mol. The molecule has 1 aromatic carbocycles. The number of alkyl carbamates (subject to hydrolysis) is 1. The number of nitrogens with one attached hydrogen (secondary N) is 1. The summed E-state index contributed by atoms with van der Waals surface area (Å²) in [5.74, 6) is 0. The van der Waals surface area contributed by atoms with Gasteiger partial charge in [0.05, 0.1) is 6.61 Å². The lowest BCUT2D eigenvalue weighted by atomic mass is 10.1. The van der Waals surface area contributed by atoms with E-state index in [0.717, 1.165) is 11.1 Å². The summed E-state index contributed by atoms with van der Waals surface area (Å²) in [5.41, 5.74) is 0.584. The molecule has 0 saturated heterocycles. The third kappa shape index (κ3) is 3.15. The van der Waals surface area contributed by atoms with Gasteiger partial charge in [-0.15, -0.1) is 0 Å². The van der Waals surface area contributed by atoms with Crippen molar-refractivity contribution in [3.8, 4) is 0 Å². The minimum atomic E-state index is -0.774. The monoisotopic (exact) mass is 261 g/mol. The molecule has 0 radical (unpaired) electrons. The molecule has 1 aliphatic rings. The first kappa shape index (κ1) is 13.6. The molecule has 2 N–H and O–H groups in total. The predicted octanol–water partition coefficient (Wildman–Crippen LogP) is 2.34. The normalized spacial score (nSPS) is 21.6. The Labute approximate surface area is 113 Å². The Hall–Kier alpha value is -1.81. The summed E-state index contributed by atoms with van der Waals surface area (Å²) < 4.78 is 5.21. The fraction of sp³-hybridized carbons (Fsp3) is 0.400. The van der Waals surface area contributed by atoms with Gasteiger partial charge in [-0.05, 0) is 38.0 Å². The van der Waals surface area contributed by atoms with Crippen LogP contribution in [0.1, 0.15) is 26.3 Å². The van der Waals surface area contributed by atoms with Crippen molar-refractivity contribution in [3.05, 3.63) is 42.0 Å². The Morgan fingerprint density at radius 3 is 2.47 bits per heavy atom. The molecule has 0 heterocycles. The van der Waals surface area contributed by atoms with Crippen molar-refractivity contribution in [2.24, 2.45) is 0 Å². The topological polar surface area (TPSA) is 58.6 Å². The summed E-state index contributed by atoms with van der Waals surface area (Å²) in [6, 6.07) is 9.66. The molecule has 0 spiro atoms. The Balaban J connectivity index is 2.02. The number of hydrogen-bond acceptors (Lipinski definition) is 3. The van der Waals surface area contributed by atoms with E-state index in [2.05, 4.69) is 5.32 Å². The molecule has 0 fully saturated rings. The number of benzene rings is 1. The van der Waals surface area contributed by atoms with Crippen molar-refractivity contribution in [2.45, 2.75) is 31.9 Å². The lowest BCUT2D eigenvalue weighted by molar-refractivity contribution is 0.0485. The van der Waals surface area contributed by atoms with Crippen LogP contribution in [0.25, 0.3) is 5.57 Å². The Bertz CT molecular complexity index is 502. The molecule has 19 heavy (non-hydrogen) atoms. The maximum absolute atomic E-state index is 11.8. The second-order valence-corrected chi connectivity index (χ2v) is 5.68. The van der Waals surface area contributed by atoms with E-state index in [-0.39, 0.29) is 6.61 Å². The van der Waals surface area contributed by atoms with Crippen LogP contribution in [0.15, 0.2) is 36.4 Å². The van der Waals surface area contributed by atoms with E-state index in [1.54, 1.807) is 20.8 Å². The molecule has 4 nitrogen and oxygen atoms in total. The van der Waals surface area contributed by atoms with Crippen molar-refractivity contribution in [3.63, 3.8) is 0 Å². The van der Waals surface area contributed by atoms with Crippen molar-refractivity contribution < 1.29 is 14.6 Å². The van der Waals surface area contributed by atoms with Crippen LogP contribution in [0, 0.1) is 0 Å². The molecule has 0 bridgehead atoms. The quantitative estimate of drug-likeness (QED) is 0.878. The minimum absolute atomic E-state index is 0.170. The van der Waals surface area contributed by atoms with Crippen molar-refractivity contribution in [1.82, 2.24) is 5.32 Å². The smallest absolute Gasteiger partial charge is 0.408 e. The number of aliphatic hydroxyl groups excluding tert-OH is 1. The average Bonchev–Trinajstić information content (AvgIpc) is 3.02. The third-order valence-corrected chi connectivity index (χ3v) is 2.85. The van der Waals surface area contributed by atoms with Crippen LogP contribution in [-0.4, -0.2) is 28.9 Å². The van der Waals surface area contributed by atoms with E-state index in [4.69, 9.17) is 4.74 Å². The zero-order valence-corrected chi connectivity index (χ0v) is 11.4. The lowest BCUT2D eigenvalue weighted by Gasteiger charge is -2.23. The number of aliphatic hydroxyl groups is 1. The van der Waals surface area contributed by atoms with E-state index < -0.39 is 17.2 Å². The maximum atomic E-state index is 11.8. The molecule has 0 saturated carbocycles. The van der Waals surface area contributed by atoms with Crippen LogP contribution >= 0.6 is 0 Å².